The van der Waals surface area contributed by atoms with E-state index in [9.17, 15) is 18.0 Å². The first-order valence-electron chi connectivity index (χ1n) is 3.59. The van der Waals surface area contributed by atoms with Gasteiger partial charge in [-0.3, -0.25) is 4.79 Å². The number of ketones is 1. The maximum absolute atomic E-state index is 12.1. The minimum atomic E-state index is -4.98. The molecule has 0 aliphatic carbocycles. The molecule has 0 fully saturated rings. The number of carbonyl (C=O) groups is 1. The van der Waals surface area contributed by atoms with Crippen LogP contribution in [-0.2, 0) is 0 Å². The van der Waals surface area contributed by atoms with E-state index in [4.69, 9.17) is 28.9 Å². The predicted molar refractivity (Wildman–Crippen MR) is 51.3 cm³/mol. The van der Waals surface area contributed by atoms with E-state index in [-0.39, 0.29) is 15.7 Å². The predicted octanol–water partition coefficient (Wildman–Crippen LogP) is 3.32. The molecule has 0 radical (unpaired) electrons. The van der Waals surface area contributed by atoms with Gasteiger partial charge in [0.2, 0.25) is 0 Å². The van der Waals surface area contributed by atoms with E-state index in [1.165, 1.54) is 0 Å². The molecule has 0 saturated carbocycles. The van der Waals surface area contributed by atoms with E-state index in [0.29, 0.717) is 0 Å². The van der Waals surface area contributed by atoms with Crippen molar-refractivity contribution in [1.29, 1.82) is 0 Å². The smallest absolute Gasteiger partial charge is 0.398 e. The molecule has 15 heavy (non-hydrogen) atoms. The summed E-state index contributed by atoms with van der Waals surface area (Å²) in [5.74, 6) is -2.04. The van der Waals surface area contributed by atoms with Gasteiger partial charge in [-0.25, -0.2) is 0 Å². The number of hydrogen-bond acceptors (Lipinski definition) is 2. The number of alkyl halides is 3. The van der Waals surface area contributed by atoms with Gasteiger partial charge in [-0.1, -0.05) is 23.2 Å². The van der Waals surface area contributed by atoms with Gasteiger partial charge in [0.1, 0.15) is 0 Å². The fraction of sp³-hybridized carbons (Fsp3) is 0.125. The van der Waals surface area contributed by atoms with Crippen LogP contribution in [0.2, 0.25) is 10.0 Å². The maximum atomic E-state index is 12.1. The Bertz CT molecular complexity index is 417. The topological polar surface area (TPSA) is 43.1 Å². The van der Waals surface area contributed by atoms with Crippen LogP contribution in [0.1, 0.15) is 10.4 Å². The molecule has 0 aliphatic rings. The zero-order chi connectivity index (χ0) is 11.8. The summed E-state index contributed by atoms with van der Waals surface area (Å²) in [4.78, 5) is 10.8. The van der Waals surface area contributed by atoms with Crippen LogP contribution in [0.3, 0.4) is 0 Å². The molecule has 0 bridgehead atoms. The first kappa shape index (κ1) is 12.1. The lowest BCUT2D eigenvalue weighted by Crippen LogP contribution is -2.23. The van der Waals surface area contributed by atoms with Gasteiger partial charge in [0.25, 0.3) is 5.78 Å². The minimum absolute atomic E-state index is 0.00658. The van der Waals surface area contributed by atoms with E-state index in [1.54, 1.807) is 0 Å². The van der Waals surface area contributed by atoms with Crippen molar-refractivity contribution in [2.75, 3.05) is 5.73 Å². The highest BCUT2D eigenvalue weighted by molar-refractivity contribution is 6.42. The summed E-state index contributed by atoms with van der Waals surface area (Å²) < 4.78 is 36.2. The Morgan fingerprint density at radius 1 is 1.20 bits per heavy atom. The Labute approximate surface area is 92.8 Å². The highest BCUT2D eigenvalue weighted by atomic mass is 35.5. The van der Waals surface area contributed by atoms with Crippen LogP contribution in [-0.4, -0.2) is 12.0 Å². The molecule has 0 heterocycles. The molecule has 1 aromatic rings. The Hall–Kier alpha value is -0.940. The van der Waals surface area contributed by atoms with Gasteiger partial charge in [-0.05, 0) is 12.1 Å². The summed E-state index contributed by atoms with van der Waals surface area (Å²) in [5.41, 5.74) is 4.17. The molecule has 82 valence electrons. The maximum Gasteiger partial charge on any atom is 0.454 e. The van der Waals surface area contributed by atoms with Crippen LogP contribution in [0.5, 0.6) is 0 Å². The molecule has 1 rings (SSSR count). The highest BCUT2D eigenvalue weighted by Gasteiger charge is 2.40. The third kappa shape index (κ3) is 2.54. The fourth-order valence-corrected chi connectivity index (χ4v) is 1.25. The van der Waals surface area contributed by atoms with Crippen molar-refractivity contribution in [3.05, 3.63) is 27.7 Å². The third-order valence-electron chi connectivity index (χ3n) is 1.59. The second-order valence-corrected chi connectivity index (χ2v) is 3.49. The van der Waals surface area contributed by atoms with Crippen LogP contribution in [0.4, 0.5) is 18.9 Å². The molecular weight excluding hydrogens is 254 g/mol. The summed E-state index contributed by atoms with van der Waals surface area (Å²) in [7, 11) is 0. The summed E-state index contributed by atoms with van der Waals surface area (Å²) >= 11 is 11.0. The molecule has 0 spiro atoms. The van der Waals surface area contributed by atoms with Crippen molar-refractivity contribution in [2.45, 2.75) is 6.18 Å². The Balaban J connectivity index is 3.28. The van der Waals surface area contributed by atoms with Crippen LogP contribution in [0.15, 0.2) is 12.1 Å². The summed E-state index contributed by atoms with van der Waals surface area (Å²) in [6.45, 7) is 0. The number of carbonyl (C=O) groups excluding carboxylic acids is 1. The molecule has 0 saturated heterocycles. The number of hydrogen-bond donors (Lipinski definition) is 1. The Morgan fingerprint density at radius 3 is 2.13 bits per heavy atom. The number of nitrogens with two attached hydrogens (primary N) is 1. The van der Waals surface area contributed by atoms with Crippen LogP contribution in [0.25, 0.3) is 0 Å². The second-order valence-electron chi connectivity index (χ2n) is 2.68. The second kappa shape index (κ2) is 3.90. The number of anilines is 1. The number of rotatable bonds is 1. The van der Waals surface area contributed by atoms with Gasteiger partial charge in [-0.2, -0.15) is 13.2 Å². The molecule has 0 aromatic heterocycles. The molecule has 0 amide bonds. The van der Waals surface area contributed by atoms with E-state index in [1.807, 2.05) is 0 Å². The summed E-state index contributed by atoms with van der Waals surface area (Å²) in [5, 5.41) is -0.161. The number of Topliss-reactive ketones (excluding diaryl/α,β-unsaturated/α-hetero) is 1. The first-order valence-corrected chi connectivity index (χ1v) is 4.35. The van der Waals surface area contributed by atoms with Crippen LogP contribution in [0, 0.1) is 0 Å². The van der Waals surface area contributed by atoms with Crippen molar-refractivity contribution >= 4 is 34.7 Å². The molecule has 2 nitrogen and oxygen atoms in total. The monoisotopic (exact) mass is 257 g/mol. The lowest BCUT2D eigenvalue weighted by molar-refractivity contribution is -0.0884. The third-order valence-corrected chi connectivity index (χ3v) is 2.32. The van der Waals surface area contributed by atoms with Crippen molar-refractivity contribution in [3.8, 4) is 0 Å². The summed E-state index contributed by atoms with van der Waals surface area (Å²) in [6, 6.07) is 1.80. The van der Waals surface area contributed by atoms with Crippen molar-refractivity contribution in [2.24, 2.45) is 0 Å². The van der Waals surface area contributed by atoms with Crippen LogP contribution >= 0.6 is 23.2 Å². The normalized spacial score (nSPS) is 11.5. The Morgan fingerprint density at radius 2 is 1.67 bits per heavy atom. The average Bonchev–Trinajstić information content (AvgIpc) is 2.08. The zero-order valence-electron chi connectivity index (χ0n) is 7.03. The van der Waals surface area contributed by atoms with Gasteiger partial charge in [0.05, 0.1) is 15.6 Å². The molecule has 1 aromatic carbocycles. The molecule has 0 unspecified atom stereocenters. The molecular formula is C8H4Cl2F3NO. The minimum Gasteiger partial charge on any atom is -0.398 e. The number of halogens is 5. The largest absolute Gasteiger partial charge is 0.454 e. The average molecular weight is 258 g/mol. The molecule has 0 atom stereocenters. The quantitative estimate of drug-likeness (QED) is 0.620. The lowest BCUT2D eigenvalue weighted by atomic mass is 10.1. The van der Waals surface area contributed by atoms with Crippen molar-refractivity contribution in [3.63, 3.8) is 0 Å². The highest BCUT2D eigenvalue weighted by Crippen LogP contribution is 2.31. The van der Waals surface area contributed by atoms with E-state index >= 15 is 0 Å². The number of benzene rings is 1. The molecule has 2 N–H and O–H groups in total. The number of nitrogen functional groups attached to an aromatic ring is 1. The SMILES string of the molecule is Nc1cc(Cl)c(Cl)cc1C(=O)C(F)(F)F. The first-order chi connectivity index (χ1) is 6.73. The van der Waals surface area contributed by atoms with Gasteiger partial charge in [0, 0.05) is 5.69 Å². The van der Waals surface area contributed by atoms with Gasteiger partial charge >= 0.3 is 6.18 Å². The van der Waals surface area contributed by atoms with Gasteiger partial charge < -0.3 is 5.73 Å². The summed E-state index contributed by atoms with van der Waals surface area (Å²) in [6.07, 6.45) is -4.98. The van der Waals surface area contributed by atoms with Crippen molar-refractivity contribution in [1.82, 2.24) is 0 Å². The Kier molecular flexibility index (Phi) is 3.16. The van der Waals surface area contributed by atoms with E-state index in [0.717, 1.165) is 12.1 Å². The molecule has 0 aliphatic heterocycles. The van der Waals surface area contributed by atoms with Crippen LogP contribution < -0.4 is 5.73 Å². The van der Waals surface area contributed by atoms with Gasteiger partial charge in [-0.15, -0.1) is 0 Å². The zero-order valence-corrected chi connectivity index (χ0v) is 8.54. The fourth-order valence-electron chi connectivity index (χ4n) is 0.912. The standard InChI is InChI=1S/C8H4Cl2F3NO/c9-4-1-3(6(14)2-5(4)10)7(15)8(11,12)13/h1-2H,14H2. The lowest BCUT2D eigenvalue weighted by Gasteiger charge is -2.08. The molecule has 7 heteroatoms. The van der Waals surface area contributed by atoms with Crippen molar-refractivity contribution < 1.29 is 18.0 Å². The van der Waals surface area contributed by atoms with E-state index < -0.39 is 17.5 Å². The van der Waals surface area contributed by atoms with E-state index in [2.05, 4.69) is 0 Å². The van der Waals surface area contributed by atoms with Gasteiger partial charge in [0.15, 0.2) is 0 Å².